The summed E-state index contributed by atoms with van der Waals surface area (Å²) >= 11 is 0. The van der Waals surface area contributed by atoms with Crippen LogP contribution in [0.15, 0.2) is 24.3 Å². The van der Waals surface area contributed by atoms with Crippen molar-refractivity contribution in [2.24, 2.45) is 0 Å². The molecule has 0 radical (unpaired) electrons. The third kappa shape index (κ3) is 2.92. The Labute approximate surface area is 113 Å². The Balaban J connectivity index is 2.59. The van der Waals surface area contributed by atoms with Crippen molar-refractivity contribution in [3.8, 4) is 5.75 Å². The fourth-order valence-electron chi connectivity index (χ4n) is 2.19. The summed E-state index contributed by atoms with van der Waals surface area (Å²) < 4.78 is 5.40. The van der Waals surface area contributed by atoms with Crippen LogP contribution in [0.5, 0.6) is 5.75 Å². The van der Waals surface area contributed by atoms with E-state index in [4.69, 9.17) is 4.74 Å². The number of aryl methyl sites for hydroxylation is 1. The van der Waals surface area contributed by atoms with Gasteiger partial charge in [0, 0.05) is 23.6 Å². The average Bonchev–Trinajstić information content (AvgIpc) is 2.40. The van der Waals surface area contributed by atoms with E-state index >= 15 is 0 Å². The molecule has 3 nitrogen and oxygen atoms in total. The molecule has 0 aliphatic rings. The molecule has 1 heterocycles. The molecule has 19 heavy (non-hydrogen) atoms. The zero-order chi connectivity index (χ0) is 13.8. The van der Waals surface area contributed by atoms with E-state index in [0.29, 0.717) is 5.75 Å². The van der Waals surface area contributed by atoms with Crippen molar-refractivity contribution in [3.05, 3.63) is 35.5 Å². The number of para-hydroxylation sites is 1. The number of ether oxygens (including phenoxy) is 1. The second-order valence-corrected chi connectivity index (χ2v) is 4.73. The minimum absolute atomic E-state index is 0.291. The van der Waals surface area contributed by atoms with Gasteiger partial charge < -0.3 is 4.74 Å². The number of fused-ring (bicyclic) bond motifs is 1. The number of pyridine rings is 1. The summed E-state index contributed by atoms with van der Waals surface area (Å²) in [6.07, 6.45) is 3.13. The molecule has 0 atom stereocenters. The highest BCUT2D eigenvalue weighted by atomic mass is 16.5. The SMILES string of the molecule is CCCCc1nc2ccccc2c(OC(C)=O)c1C. The summed E-state index contributed by atoms with van der Waals surface area (Å²) in [6.45, 7) is 5.56. The molecule has 0 saturated carbocycles. The molecular formula is C16H19NO2. The predicted molar refractivity (Wildman–Crippen MR) is 76.4 cm³/mol. The van der Waals surface area contributed by atoms with Gasteiger partial charge in [0.2, 0.25) is 0 Å². The molecule has 0 fully saturated rings. The zero-order valence-corrected chi connectivity index (χ0v) is 11.7. The van der Waals surface area contributed by atoms with Crippen LogP contribution in [-0.2, 0) is 11.2 Å². The van der Waals surface area contributed by atoms with Crippen molar-refractivity contribution >= 4 is 16.9 Å². The Kier molecular flexibility index (Phi) is 4.15. The third-order valence-electron chi connectivity index (χ3n) is 3.19. The van der Waals surface area contributed by atoms with Crippen LogP contribution < -0.4 is 4.74 Å². The smallest absolute Gasteiger partial charge is 0.308 e. The van der Waals surface area contributed by atoms with Crippen LogP contribution in [0.4, 0.5) is 0 Å². The van der Waals surface area contributed by atoms with Gasteiger partial charge in [-0.05, 0) is 31.9 Å². The zero-order valence-electron chi connectivity index (χ0n) is 11.7. The predicted octanol–water partition coefficient (Wildman–Crippen LogP) is 3.81. The van der Waals surface area contributed by atoms with Crippen LogP contribution in [-0.4, -0.2) is 11.0 Å². The Morgan fingerprint density at radius 3 is 2.74 bits per heavy atom. The van der Waals surface area contributed by atoms with Gasteiger partial charge in [0.15, 0.2) is 0 Å². The quantitative estimate of drug-likeness (QED) is 0.782. The lowest BCUT2D eigenvalue weighted by atomic mass is 10.0. The largest absolute Gasteiger partial charge is 0.426 e. The fourth-order valence-corrected chi connectivity index (χ4v) is 2.19. The highest BCUT2D eigenvalue weighted by molar-refractivity contribution is 5.89. The van der Waals surface area contributed by atoms with Crippen molar-refractivity contribution in [2.45, 2.75) is 40.0 Å². The Bertz CT molecular complexity index is 605. The minimum Gasteiger partial charge on any atom is -0.426 e. The van der Waals surface area contributed by atoms with E-state index in [0.717, 1.165) is 41.4 Å². The Hall–Kier alpha value is -1.90. The number of unbranched alkanes of at least 4 members (excludes halogenated alkanes) is 1. The van der Waals surface area contributed by atoms with Crippen LogP contribution in [0.2, 0.25) is 0 Å². The number of benzene rings is 1. The number of esters is 1. The molecule has 0 aliphatic carbocycles. The van der Waals surface area contributed by atoms with Gasteiger partial charge in [0.1, 0.15) is 5.75 Å². The van der Waals surface area contributed by atoms with Gasteiger partial charge in [-0.15, -0.1) is 0 Å². The second-order valence-electron chi connectivity index (χ2n) is 4.73. The standard InChI is InChI=1S/C16H19NO2/c1-4-5-9-14-11(2)16(19-12(3)18)13-8-6-7-10-15(13)17-14/h6-8,10H,4-5,9H2,1-3H3. The average molecular weight is 257 g/mol. The molecule has 0 N–H and O–H groups in total. The van der Waals surface area contributed by atoms with Crippen molar-refractivity contribution in [3.63, 3.8) is 0 Å². The Morgan fingerprint density at radius 2 is 2.05 bits per heavy atom. The fraction of sp³-hybridized carbons (Fsp3) is 0.375. The van der Waals surface area contributed by atoms with Crippen LogP contribution in [0.3, 0.4) is 0 Å². The number of aromatic nitrogens is 1. The molecule has 0 saturated heterocycles. The summed E-state index contributed by atoms with van der Waals surface area (Å²) in [5.41, 5.74) is 2.88. The maximum atomic E-state index is 11.3. The van der Waals surface area contributed by atoms with Crippen LogP contribution in [0.1, 0.15) is 37.9 Å². The van der Waals surface area contributed by atoms with E-state index in [2.05, 4.69) is 11.9 Å². The van der Waals surface area contributed by atoms with Gasteiger partial charge >= 0.3 is 5.97 Å². The number of rotatable bonds is 4. The van der Waals surface area contributed by atoms with Gasteiger partial charge in [-0.2, -0.15) is 0 Å². The van der Waals surface area contributed by atoms with Crippen LogP contribution in [0, 0.1) is 6.92 Å². The molecule has 0 bridgehead atoms. The monoisotopic (exact) mass is 257 g/mol. The molecule has 1 aromatic carbocycles. The lowest BCUT2D eigenvalue weighted by Gasteiger charge is -2.13. The number of carbonyl (C=O) groups excluding carboxylic acids is 1. The highest BCUT2D eigenvalue weighted by Gasteiger charge is 2.13. The summed E-state index contributed by atoms with van der Waals surface area (Å²) in [5, 5.41) is 0.899. The molecule has 0 aliphatic heterocycles. The molecule has 2 aromatic rings. The van der Waals surface area contributed by atoms with E-state index in [1.54, 1.807) is 0 Å². The first-order chi connectivity index (χ1) is 9.13. The number of hydrogen-bond donors (Lipinski definition) is 0. The first-order valence-electron chi connectivity index (χ1n) is 6.70. The molecule has 2 rings (SSSR count). The first-order valence-corrected chi connectivity index (χ1v) is 6.70. The summed E-state index contributed by atoms with van der Waals surface area (Å²) in [4.78, 5) is 16.0. The second kappa shape index (κ2) is 5.83. The van der Waals surface area contributed by atoms with E-state index in [1.807, 2.05) is 31.2 Å². The van der Waals surface area contributed by atoms with Crippen molar-refractivity contribution < 1.29 is 9.53 Å². The minimum atomic E-state index is -0.291. The molecule has 100 valence electrons. The highest BCUT2D eigenvalue weighted by Crippen LogP contribution is 2.31. The van der Waals surface area contributed by atoms with E-state index in [1.165, 1.54) is 6.92 Å². The van der Waals surface area contributed by atoms with Crippen LogP contribution >= 0.6 is 0 Å². The van der Waals surface area contributed by atoms with Gasteiger partial charge in [-0.25, -0.2) is 0 Å². The lowest BCUT2D eigenvalue weighted by Crippen LogP contribution is -2.06. The number of carbonyl (C=O) groups is 1. The third-order valence-corrected chi connectivity index (χ3v) is 3.19. The summed E-state index contributed by atoms with van der Waals surface area (Å²) in [5.74, 6) is 0.366. The van der Waals surface area contributed by atoms with E-state index in [9.17, 15) is 4.79 Å². The van der Waals surface area contributed by atoms with Gasteiger partial charge in [0.05, 0.1) is 5.52 Å². The molecule has 1 aromatic heterocycles. The van der Waals surface area contributed by atoms with Crippen molar-refractivity contribution in [1.29, 1.82) is 0 Å². The molecule has 0 unspecified atom stereocenters. The van der Waals surface area contributed by atoms with Gasteiger partial charge in [0.25, 0.3) is 0 Å². The van der Waals surface area contributed by atoms with Crippen molar-refractivity contribution in [1.82, 2.24) is 4.98 Å². The topological polar surface area (TPSA) is 39.2 Å². The number of hydrogen-bond acceptors (Lipinski definition) is 3. The molecule has 0 spiro atoms. The maximum Gasteiger partial charge on any atom is 0.308 e. The lowest BCUT2D eigenvalue weighted by molar-refractivity contribution is -0.131. The normalized spacial score (nSPS) is 10.7. The molecule has 3 heteroatoms. The molecule has 0 amide bonds. The van der Waals surface area contributed by atoms with E-state index < -0.39 is 0 Å². The van der Waals surface area contributed by atoms with Gasteiger partial charge in [-0.1, -0.05) is 25.5 Å². The first kappa shape index (κ1) is 13.5. The Morgan fingerprint density at radius 1 is 1.32 bits per heavy atom. The molecular weight excluding hydrogens is 238 g/mol. The van der Waals surface area contributed by atoms with Gasteiger partial charge in [-0.3, -0.25) is 9.78 Å². The van der Waals surface area contributed by atoms with Crippen molar-refractivity contribution in [2.75, 3.05) is 0 Å². The summed E-state index contributed by atoms with van der Waals surface area (Å²) in [6, 6.07) is 7.78. The maximum absolute atomic E-state index is 11.3. The summed E-state index contributed by atoms with van der Waals surface area (Å²) in [7, 11) is 0. The van der Waals surface area contributed by atoms with E-state index in [-0.39, 0.29) is 5.97 Å². The number of nitrogens with zero attached hydrogens (tertiary/aromatic N) is 1. The van der Waals surface area contributed by atoms with Crippen LogP contribution in [0.25, 0.3) is 10.9 Å².